The molecule has 3 aromatic carbocycles. The summed E-state index contributed by atoms with van der Waals surface area (Å²) in [6, 6.07) is 31.3. The van der Waals surface area contributed by atoms with Gasteiger partial charge in [0.1, 0.15) is 0 Å². The van der Waals surface area contributed by atoms with Crippen molar-refractivity contribution in [2.75, 3.05) is 0 Å². The molecule has 0 fully saturated rings. The van der Waals surface area contributed by atoms with Crippen molar-refractivity contribution < 1.29 is 0 Å². The van der Waals surface area contributed by atoms with Crippen LogP contribution >= 0.6 is 0 Å². The molecule has 2 atom stereocenters. The number of rotatable bonds is 13. The van der Waals surface area contributed by atoms with E-state index in [-0.39, 0.29) is 0 Å². The zero-order chi connectivity index (χ0) is 43.3. The molecule has 61 heavy (non-hydrogen) atoms. The topological polar surface area (TPSA) is 0 Å². The fraction of sp³-hybridized carbons (Fsp3) is 0.279. The zero-order valence-electron chi connectivity index (χ0n) is 37.9. The fourth-order valence-corrected chi connectivity index (χ4v) is 7.78. The normalized spacial score (nSPS) is 18.7. The SMILES string of the molecule is C/C=C(\C=C/Cc1ccccc1)CC.C1=CCC(C2CC=CC2)=C1.C=CC(=C\C)/C(/C=C\CCC1C=CC(C2=CC=CC(C)C2)=CC1)=C/C.c1ccc(-c2ccccc2)cc1. The number of hydrogen-bond acceptors (Lipinski definition) is 0. The summed E-state index contributed by atoms with van der Waals surface area (Å²) in [6.45, 7) is 14.6. The van der Waals surface area contributed by atoms with Gasteiger partial charge in [0, 0.05) is 0 Å². The first kappa shape index (κ1) is 48.0. The minimum absolute atomic E-state index is 0.663. The van der Waals surface area contributed by atoms with Gasteiger partial charge in [-0.25, -0.2) is 0 Å². The molecule has 4 aliphatic carbocycles. The Morgan fingerprint density at radius 1 is 0.689 bits per heavy atom. The van der Waals surface area contributed by atoms with Crippen LogP contribution in [-0.2, 0) is 6.42 Å². The number of allylic oxidation sites excluding steroid dienone is 25. The Kier molecular flexibility index (Phi) is 22.6. The maximum absolute atomic E-state index is 3.89. The summed E-state index contributed by atoms with van der Waals surface area (Å²) in [5.74, 6) is 2.17. The summed E-state index contributed by atoms with van der Waals surface area (Å²) in [7, 11) is 0. The predicted molar refractivity (Wildman–Crippen MR) is 271 cm³/mol. The largest absolute Gasteiger partial charge is 0.0985 e. The van der Waals surface area contributed by atoms with Crippen molar-refractivity contribution in [3.8, 4) is 11.1 Å². The van der Waals surface area contributed by atoms with Gasteiger partial charge >= 0.3 is 0 Å². The van der Waals surface area contributed by atoms with Crippen molar-refractivity contribution in [3.05, 3.63) is 252 Å². The Bertz CT molecular complexity index is 2070. The van der Waals surface area contributed by atoms with Crippen molar-refractivity contribution in [3.63, 3.8) is 0 Å². The highest BCUT2D eigenvalue weighted by Gasteiger charge is 2.15. The van der Waals surface area contributed by atoms with E-state index < -0.39 is 0 Å². The molecule has 0 heterocycles. The van der Waals surface area contributed by atoms with Crippen molar-refractivity contribution >= 4 is 0 Å². The molecule has 7 rings (SSSR count). The van der Waals surface area contributed by atoms with E-state index in [4.69, 9.17) is 0 Å². The molecule has 0 N–H and O–H groups in total. The second kappa shape index (κ2) is 28.7. The van der Waals surface area contributed by atoms with Crippen LogP contribution in [0.1, 0.15) is 91.5 Å². The Morgan fingerprint density at radius 2 is 1.34 bits per heavy atom. The Labute approximate surface area is 371 Å². The average Bonchev–Trinajstić information content (AvgIpc) is 4.07. The Morgan fingerprint density at radius 3 is 1.87 bits per heavy atom. The van der Waals surface area contributed by atoms with E-state index in [9.17, 15) is 0 Å². The van der Waals surface area contributed by atoms with Gasteiger partial charge in [0.25, 0.3) is 0 Å². The summed E-state index contributed by atoms with van der Waals surface area (Å²) < 4.78 is 0. The first-order valence-electron chi connectivity index (χ1n) is 22.8. The molecule has 0 spiro atoms. The standard InChI is InChI=1S/C25H32.C14H18.C12H10.C10H12/c1-5-22(6-2)23(7-3)13-9-8-12-21-15-17-24(18-16-21)25-14-10-11-20(4)19-25;1-3-13(4-2)11-8-12-14-9-6-5-7-10-14;1-3-7-11(8-4-1)12-9-5-2-6-10-12;1-2-6-9(5-1)10-7-3-4-8-10/h5-7,9-11,13-15,17-18,20-21H,1,8,12,16,19H2,2-4H3;3,5-11H,4,12H2,1-2H3;1-10H;1-5,10H,6-8H2/b13-9-,22-6+,23-7+;11-8-,13-3-;;. The van der Waals surface area contributed by atoms with E-state index in [2.05, 4.69) is 229 Å². The average molecular weight is 805 g/mol. The van der Waals surface area contributed by atoms with Crippen molar-refractivity contribution in [2.24, 2.45) is 17.8 Å². The number of benzene rings is 3. The quantitative estimate of drug-likeness (QED) is 0.119. The molecule has 0 aliphatic heterocycles. The van der Waals surface area contributed by atoms with Crippen molar-refractivity contribution in [2.45, 2.75) is 92.4 Å². The van der Waals surface area contributed by atoms with E-state index in [1.807, 2.05) is 18.2 Å². The molecule has 0 saturated carbocycles. The van der Waals surface area contributed by atoms with E-state index >= 15 is 0 Å². The number of hydrogen-bond donors (Lipinski definition) is 0. The van der Waals surface area contributed by atoms with Gasteiger partial charge in [0.2, 0.25) is 0 Å². The maximum atomic E-state index is 3.89. The van der Waals surface area contributed by atoms with Gasteiger partial charge in [-0.2, -0.15) is 0 Å². The third kappa shape index (κ3) is 17.8. The summed E-state index contributed by atoms with van der Waals surface area (Å²) in [4.78, 5) is 0. The second-order valence-electron chi connectivity index (χ2n) is 16.0. The van der Waals surface area contributed by atoms with E-state index in [0.29, 0.717) is 11.8 Å². The molecule has 0 aromatic heterocycles. The van der Waals surface area contributed by atoms with Crippen LogP contribution in [0.2, 0.25) is 0 Å². The summed E-state index contributed by atoms with van der Waals surface area (Å²) in [5.41, 5.74) is 12.3. The van der Waals surface area contributed by atoms with Gasteiger partial charge in [-0.05, 0) is 135 Å². The Hall–Kier alpha value is -5.72. The lowest BCUT2D eigenvalue weighted by molar-refractivity contribution is 0.598. The van der Waals surface area contributed by atoms with Crippen molar-refractivity contribution in [1.82, 2.24) is 0 Å². The van der Waals surface area contributed by atoms with Crippen molar-refractivity contribution in [1.29, 1.82) is 0 Å². The molecule has 0 bridgehead atoms. The minimum atomic E-state index is 0.663. The molecule has 0 nitrogen and oxygen atoms in total. The first-order chi connectivity index (χ1) is 30.0. The predicted octanol–water partition coefficient (Wildman–Crippen LogP) is 17.8. The smallest absolute Gasteiger partial charge is 0.00942 e. The van der Waals surface area contributed by atoms with Crippen LogP contribution in [0.15, 0.2) is 246 Å². The lowest BCUT2D eigenvalue weighted by atomic mass is 9.85. The molecular weight excluding hydrogens is 733 g/mol. The van der Waals surface area contributed by atoms with Crippen LogP contribution in [0.4, 0.5) is 0 Å². The van der Waals surface area contributed by atoms with E-state index in [1.165, 1.54) is 83.1 Å². The molecule has 2 unspecified atom stereocenters. The van der Waals surface area contributed by atoms with Crippen LogP contribution < -0.4 is 0 Å². The summed E-state index contributed by atoms with van der Waals surface area (Å²) >= 11 is 0. The van der Waals surface area contributed by atoms with Gasteiger partial charge in [-0.15, -0.1) is 0 Å². The molecule has 0 heteroatoms. The van der Waals surface area contributed by atoms with E-state index in [0.717, 1.165) is 25.2 Å². The van der Waals surface area contributed by atoms with Gasteiger partial charge in [-0.3, -0.25) is 0 Å². The van der Waals surface area contributed by atoms with Gasteiger partial charge in [-0.1, -0.05) is 238 Å². The third-order valence-corrected chi connectivity index (χ3v) is 11.5. The van der Waals surface area contributed by atoms with Gasteiger partial charge < -0.3 is 0 Å². The van der Waals surface area contributed by atoms with Crippen LogP contribution in [0.5, 0.6) is 0 Å². The molecule has 0 saturated heterocycles. The van der Waals surface area contributed by atoms with Gasteiger partial charge in [0.15, 0.2) is 0 Å². The van der Waals surface area contributed by atoms with Crippen LogP contribution in [0.3, 0.4) is 0 Å². The molecular formula is C61H72. The molecule has 3 aromatic rings. The highest BCUT2D eigenvalue weighted by atomic mass is 14.2. The molecule has 0 radical (unpaired) electrons. The summed E-state index contributed by atoms with van der Waals surface area (Å²) in [5, 5.41) is 0. The molecule has 316 valence electrons. The van der Waals surface area contributed by atoms with Gasteiger partial charge in [0.05, 0.1) is 0 Å². The first-order valence-corrected chi connectivity index (χ1v) is 22.8. The molecule has 4 aliphatic rings. The minimum Gasteiger partial charge on any atom is -0.0985 e. The Balaban J connectivity index is 0.000000192. The highest BCUT2D eigenvalue weighted by Crippen LogP contribution is 2.31. The highest BCUT2D eigenvalue weighted by molar-refractivity contribution is 5.62. The maximum Gasteiger partial charge on any atom is -0.00942 e. The monoisotopic (exact) mass is 805 g/mol. The summed E-state index contributed by atoms with van der Waals surface area (Å²) in [6.07, 6.45) is 53.1. The lowest BCUT2D eigenvalue weighted by Crippen LogP contribution is -2.04. The molecule has 0 amide bonds. The second-order valence-corrected chi connectivity index (χ2v) is 16.0. The zero-order valence-corrected chi connectivity index (χ0v) is 37.9. The van der Waals surface area contributed by atoms with Crippen LogP contribution in [0, 0.1) is 17.8 Å². The van der Waals surface area contributed by atoms with Crippen LogP contribution in [0.25, 0.3) is 11.1 Å². The third-order valence-electron chi connectivity index (χ3n) is 11.5. The van der Waals surface area contributed by atoms with E-state index in [1.54, 1.807) is 5.57 Å². The fourth-order valence-electron chi connectivity index (χ4n) is 7.78. The van der Waals surface area contributed by atoms with Crippen LogP contribution in [-0.4, -0.2) is 0 Å². The lowest BCUT2D eigenvalue weighted by Gasteiger charge is -2.20.